The zero-order valence-electron chi connectivity index (χ0n) is 13.7. The minimum absolute atomic E-state index is 0.170. The molecule has 0 spiro atoms. The molecule has 6 heteroatoms. The van der Waals surface area contributed by atoms with Crippen molar-refractivity contribution in [1.82, 2.24) is 10.3 Å². The summed E-state index contributed by atoms with van der Waals surface area (Å²) >= 11 is 9.78. The average Bonchev–Trinajstić information content (AvgIpc) is 3.26. The summed E-state index contributed by atoms with van der Waals surface area (Å²) in [6.07, 6.45) is 2.77. The Hall–Kier alpha value is -1.40. The van der Waals surface area contributed by atoms with E-state index in [0.29, 0.717) is 6.54 Å². The molecule has 0 fully saturated rings. The molecular formula is C18H20ClN3S2. The number of rotatable bonds is 6. The van der Waals surface area contributed by atoms with E-state index in [-0.39, 0.29) is 6.04 Å². The van der Waals surface area contributed by atoms with Crippen LogP contribution in [0.3, 0.4) is 0 Å². The van der Waals surface area contributed by atoms with Crippen molar-refractivity contribution in [2.45, 2.75) is 32.9 Å². The van der Waals surface area contributed by atoms with E-state index in [0.717, 1.165) is 38.8 Å². The number of halogens is 1. The lowest BCUT2D eigenvalue weighted by molar-refractivity contribution is 0.531. The van der Waals surface area contributed by atoms with Crippen molar-refractivity contribution in [2.24, 2.45) is 0 Å². The SMILES string of the molecule is Cc1c(Cl)cc(CN[C@H](Cc2cccs2)c2nccs2)c(N)c1C. The third-order valence-corrected chi connectivity index (χ3v) is 6.43. The summed E-state index contributed by atoms with van der Waals surface area (Å²) in [7, 11) is 0. The molecule has 3 N–H and O–H groups in total. The van der Waals surface area contributed by atoms with Crippen LogP contribution in [-0.2, 0) is 13.0 Å². The number of thiophene rings is 1. The molecule has 0 amide bonds. The van der Waals surface area contributed by atoms with E-state index in [1.165, 1.54) is 4.88 Å². The Kier molecular flexibility index (Phi) is 5.56. The van der Waals surface area contributed by atoms with Crippen LogP contribution in [0.5, 0.6) is 0 Å². The van der Waals surface area contributed by atoms with Gasteiger partial charge in [-0.3, -0.25) is 0 Å². The standard InChI is InChI=1S/C18H20ClN3S2/c1-11-12(2)17(20)13(8-15(11)19)10-22-16(18-21-5-7-24-18)9-14-4-3-6-23-14/h3-8,16,22H,9-10,20H2,1-2H3/t16-/m1/s1. The van der Waals surface area contributed by atoms with Gasteiger partial charge >= 0.3 is 0 Å². The molecule has 3 rings (SSSR count). The Morgan fingerprint density at radius 3 is 2.75 bits per heavy atom. The number of thiazole rings is 1. The first-order valence-electron chi connectivity index (χ1n) is 7.75. The Morgan fingerprint density at radius 1 is 1.25 bits per heavy atom. The van der Waals surface area contributed by atoms with Crippen molar-refractivity contribution in [2.75, 3.05) is 5.73 Å². The number of aromatic nitrogens is 1. The lowest BCUT2D eigenvalue weighted by Gasteiger charge is -2.18. The highest BCUT2D eigenvalue weighted by atomic mass is 35.5. The molecule has 3 aromatic rings. The Labute approximate surface area is 155 Å². The van der Waals surface area contributed by atoms with Gasteiger partial charge in [0, 0.05) is 40.1 Å². The van der Waals surface area contributed by atoms with Crippen molar-refractivity contribution >= 4 is 40.0 Å². The lowest BCUT2D eigenvalue weighted by atomic mass is 10.0. The highest BCUT2D eigenvalue weighted by Gasteiger charge is 2.17. The number of nitrogen functional groups attached to an aromatic ring is 1. The molecule has 1 atom stereocenters. The first-order chi connectivity index (χ1) is 11.6. The molecule has 0 aliphatic heterocycles. The number of hydrogen-bond acceptors (Lipinski definition) is 5. The molecule has 0 aliphatic rings. The van der Waals surface area contributed by atoms with Crippen molar-refractivity contribution < 1.29 is 0 Å². The van der Waals surface area contributed by atoms with Crippen molar-refractivity contribution in [3.8, 4) is 0 Å². The Bertz CT molecular complexity index is 798. The normalized spacial score (nSPS) is 12.5. The molecule has 0 bridgehead atoms. The quantitative estimate of drug-likeness (QED) is 0.585. The maximum atomic E-state index is 6.33. The van der Waals surface area contributed by atoms with Crippen LogP contribution in [0.2, 0.25) is 5.02 Å². The Morgan fingerprint density at radius 2 is 2.08 bits per heavy atom. The molecular weight excluding hydrogens is 358 g/mol. The van der Waals surface area contributed by atoms with E-state index < -0.39 is 0 Å². The van der Waals surface area contributed by atoms with Crippen LogP contribution in [0.25, 0.3) is 0 Å². The molecule has 0 unspecified atom stereocenters. The monoisotopic (exact) mass is 377 g/mol. The van der Waals surface area contributed by atoms with Gasteiger partial charge in [-0.1, -0.05) is 17.7 Å². The number of hydrogen-bond donors (Lipinski definition) is 2. The second kappa shape index (κ2) is 7.66. The van der Waals surface area contributed by atoms with Gasteiger partial charge < -0.3 is 11.1 Å². The lowest BCUT2D eigenvalue weighted by Crippen LogP contribution is -2.23. The van der Waals surface area contributed by atoms with Gasteiger partial charge in [0.05, 0.1) is 6.04 Å². The summed E-state index contributed by atoms with van der Waals surface area (Å²) in [5.74, 6) is 0. The third-order valence-electron chi connectivity index (χ3n) is 4.25. The molecule has 2 heterocycles. The number of benzene rings is 1. The van der Waals surface area contributed by atoms with Gasteiger partial charge in [0.15, 0.2) is 0 Å². The molecule has 0 saturated carbocycles. The average molecular weight is 378 g/mol. The van der Waals surface area contributed by atoms with Crippen molar-refractivity contribution in [3.05, 3.63) is 66.8 Å². The molecule has 0 aliphatic carbocycles. The van der Waals surface area contributed by atoms with Gasteiger partial charge in [0.2, 0.25) is 0 Å². The van der Waals surface area contributed by atoms with E-state index in [1.807, 2.05) is 31.5 Å². The molecule has 1 aromatic carbocycles. The minimum Gasteiger partial charge on any atom is -0.398 e. The number of nitrogens with one attached hydrogen (secondary N) is 1. The molecule has 0 radical (unpaired) electrons. The minimum atomic E-state index is 0.170. The topological polar surface area (TPSA) is 50.9 Å². The molecule has 2 aromatic heterocycles. The first kappa shape index (κ1) is 17.4. The highest BCUT2D eigenvalue weighted by molar-refractivity contribution is 7.10. The van der Waals surface area contributed by atoms with Crippen LogP contribution in [-0.4, -0.2) is 4.98 Å². The van der Waals surface area contributed by atoms with Crippen LogP contribution in [0.15, 0.2) is 35.2 Å². The molecule has 24 heavy (non-hydrogen) atoms. The predicted molar refractivity (Wildman–Crippen MR) is 105 cm³/mol. The second-order valence-corrected chi connectivity index (χ2v) is 8.13. The van der Waals surface area contributed by atoms with Crippen LogP contribution < -0.4 is 11.1 Å². The number of anilines is 1. The number of nitrogens with zero attached hydrogens (tertiary/aromatic N) is 1. The van der Waals surface area contributed by atoms with Gasteiger partial charge in [-0.15, -0.1) is 22.7 Å². The molecule has 126 valence electrons. The summed E-state index contributed by atoms with van der Waals surface area (Å²) in [5.41, 5.74) is 10.2. The predicted octanol–water partition coefficient (Wildman–Crippen LogP) is 5.13. The summed E-state index contributed by atoms with van der Waals surface area (Å²) in [6, 6.07) is 6.38. The summed E-state index contributed by atoms with van der Waals surface area (Å²) in [4.78, 5) is 5.83. The van der Waals surface area contributed by atoms with Crippen molar-refractivity contribution in [3.63, 3.8) is 0 Å². The van der Waals surface area contributed by atoms with E-state index in [4.69, 9.17) is 17.3 Å². The van der Waals surface area contributed by atoms with Crippen LogP contribution >= 0.6 is 34.3 Å². The fourth-order valence-corrected chi connectivity index (χ4v) is 4.36. The van der Waals surface area contributed by atoms with Crippen LogP contribution in [0.4, 0.5) is 5.69 Å². The molecule has 0 saturated heterocycles. The maximum Gasteiger partial charge on any atom is 0.110 e. The maximum absolute atomic E-state index is 6.33. The summed E-state index contributed by atoms with van der Waals surface area (Å²) in [6.45, 7) is 4.69. The van der Waals surface area contributed by atoms with Gasteiger partial charge in [0.1, 0.15) is 5.01 Å². The van der Waals surface area contributed by atoms with Crippen LogP contribution in [0.1, 0.15) is 32.6 Å². The van der Waals surface area contributed by atoms with Gasteiger partial charge in [-0.2, -0.15) is 0 Å². The summed E-state index contributed by atoms with van der Waals surface area (Å²) < 4.78 is 0. The fraction of sp³-hybridized carbons (Fsp3) is 0.278. The highest BCUT2D eigenvalue weighted by Crippen LogP contribution is 2.29. The van der Waals surface area contributed by atoms with Gasteiger partial charge in [0.25, 0.3) is 0 Å². The molecule has 3 nitrogen and oxygen atoms in total. The third kappa shape index (κ3) is 3.81. The van der Waals surface area contributed by atoms with E-state index in [9.17, 15) is 0 Å². The van der Waals surface area contributed by atoms with Gasteiger partial charge in [-0.25, -0.2) is 4.98 Å². The first-order valence-corrected chi connectivity index (χ1v) is 9.89. The zero-order valence-corrected chi connectivity index (χ0v) is 16.1. The number of nitrogens with two attached hydrogens (primary N) is 1. The van der Waals surface area contributed by atoms with Crippen molar-refractivity contribution in [1.29, 1.82) is 0 Å². The van der Waals surface area contributed by atoms with E-state index in [2.05, 4.69) is 27.8 Å². The van der Waals surface area contributed by atoms with Gasteiger partial charge in [-0.05, 0) is 48.1 Å². The van der Waals surface area contributed by atoms with Crippen LogP contribution in [0, 0.1) is 13.8 Å². The second-order valence-electron chi connectivity index (χ2n) is 5.77. The fourth-order valence-electron chi connectivity index (χ4n) is 2.62. The van der Waals surface area contributed by atoms with E-state index in [1.54, 1.807) is 22.7 Å². The summed E-state index contributed by atoms with van der Waals surface area (Å²) in [5, 5.41) is 9.59. The van der Waals surface area contributed by atoms with E-state index >= 15 is 0 Å². The Balaban J connectivity index is 1.79. The zero-order chi connectivity index (χ0) is 17.1. The smallest absolute Gasteiger partial charge is 0.110 e. The largest absolute Gasteiger partial charge is 0.398 e.